The van der Waals surface area contributed by atoms with Gasteiger partial charge in [-0.25, -0.2) is 4.98 Å². The Bertz CT molecular complexity index is 810. The van der Waals surface area contributed by atoms with Gasteiger partial charge in [-0.3, -0.25) is 0 Å². The Morgan fingerprint density at radius 1 is 1.00 bits per heavy atom. The maximum absolute atomic E-state index is 5.78. The molecule has 0 aliphatic carbocycles. The fourth-order valence-corrected chi connectivity index (χ4v) is 2.22. The van der Waals surface area contributed by atoms with E-state index >= 15 is 0 Å². The van der Waals surface area contributed by atoms with Gasteiger partial charge < -0.3 is 9.40 Å². The lowest BCUT2D eigenvalue weighted by Crippen LogP contribution is -1.71. The first-order valence-corrected chi connectivity index (χ1v) is 5.17. The fourth-order valence-electron chi connectivity index (χ4n) is 2.22. The number of para-hydroxylation sites is 1. The van der Waals surface area contributed by atoms with Crippen molar-refractivity contribution < 1.29 is 4.42 Å². The number of imidazole rings is 1. The average molecular weight is 208 g/mol. The molecule has 0 atom stereocenters. The first-order valence-electron chi connectivity index (χ1n) is 5.17. The van der Waals surface area contributed by atoms with Crippen molar-refractivity contribution in [1.82, 2.24) is 9.97 Å². The quantitative estimate of drug-likeness (QED) is 0.480. The number of hydrogen-bond acceptors (Lipinski definition) is 2. The number of aromatic nitrogens is 2. The predicted octanol–water partition coefficient (Wildman–Crippen LogP) is 3.46. The molecular formula is C13H8N2O. The van der Waals surface area contributed by atoms with Gasteiger partial charge in [0.05, 0.1) is 22.7 Å². The third-order valence-electron chi connectivity index (χ3n) is 2.93. The molecule has 0 unspecified atom stereocenters. The molecular weight excluding hydrogens is 200 g/mol. The number of rotatable bonds is 0. The van der Waals surface area contributed by atoms with Gasteiger partial charge in [-0.05, 0) is 18.2 Å². The summed E-state index contributed by atoms with van der Waals surface area (Å²) in [5, 5.41) is 2.21. The fraction of sp³-hybridized carbons (Fsp3) is 0. The van der Waals surface area contributed by atoms with Gasteiger partial charge in [0, 0.05) is 5.39 Å². The van der Waals surface area contributed by atoms with Crippen LogP contribution in [-0.2, 0) is 0 Å². The minimum Gasteiger partial charge on any atom is -0.456 e. The average Bonchev–Trinajstić information content (AvgIpc) is 2.91. The molecule has 0 aliphatic heterocycles. The van der Waals surface area contributed by atoms with Crippen molar-refractivity contribution in [3.8, 4) is 0 Å². The van der Waals surface area contributed by atoms with E-state index < -0.39 is 0 Å². The van der Waals surface area contributed by atoms with Gasteiger partial charge in [0.1, 0.15) is 11.2 Å². The molecule has 0 saturated heterocycles. The van der Waals surface area contributed by atoms with E-state index in [9.17, 15) is 0 Å². The lowest BCUT2D eigenvalue weighted by atomic mass is 10.1. The monoisotopic (exact) mass is 208 g/mol. The second-order valence-electron chi connectivity index (χ2n) is 3.84. The lowest BCUT2D eigenvalue weighted by Gasteiger charge is -1.90. The number of nitrogens with zero attached hydrogens (tertiary/aromatic N) is 1. The molecule has 0 spiro atoms. The topological polar surface area (TPSA) is 41.8 Å². The largest absolute Gasteiger partial charge is 0.456 e. The van der Waals surface area contributed by atoms with Crippen LogP contribution in [0.2, 0.25) is 0 Å². The van der Waals surface area contributed by atoms with Crippen LogP contribution < -0.4 is 0 Å². The highest BCUT2D eigenvalue weighted by Gasteiger charge is 2.10. The summed E-state index contributed by atoms with van der Waals surface area (Å²) in [6.07, 6.45) is 1.71. The molecule has 3 nitrogen and oxygen atoms in total. The third-order valence-corrected chi connectivity index (χ3v) is 2.93. The molecule has 2 aromatic heterocycles. The Morgan fingerprint density at radius 2 is 1.94 bits per heavy atom. The number of furan rings is 1. The van der Waals surface area contributed by atoms with E-state index in [1.165, 1.54) is 0 Å². The van der Waals surface area contributed by atoms with Crippen molar-refractivity contribution in [1.29, 1.82) is 0 Å². The normalized spacial score (nSPS) is 11.8. The molecule has 76 valence electrons. The van der Waals surface area contributed by atoms with Crippen LogP contribution in [-0.4, -0.2) is 9.97 Å². The van der Waals surface area contributed by atoms with Crippen LogP contribution in [0.15, 0.2) is 47.1 Å². The molecule has 1 N–H and O–H groups in total. The van der Waals surface area contributed by atoms with Crippen molar-refractivity contribution >= 4 is 33.0 Å². The summed E-state index contributed by atoms with van der Waals surface area (Å²) in [6.45, 7) is 0. The standard InChI is InChI=1S/C13H8N2O/c1-2-4-10-8(3-1)12-11(16-10)6-5-9-13(12)15-7-14-9/h1-7H,(H,14,15). The summed E-state index contributed by atoms with van der Waals surface area (Å²) in [5.74, 6) is 0. The van der Waals surface area contributed by atoms with Crippen molar-refractivity contribution in [3.05, 3.63) is 42.7 Å². The maximum atomic E-state index is 5.78. The van der Waals surface area contributed by atoms with E-state index in [4.69, 9.17) is 4.42 Å². The molecule has 2 aromatic carbocycles. The van der Waals surface area contributed by atoms with Gasteiger partial charge in [-0.2, -0.15) is 0 Å². The van der Waals surface area contributed by atoms with E-state index in [1.54, 1.807) is 6.33 Å². The van der Waals surface area contributed by atoms with E-state index in [1.807, 2.05) is 30.3 Å². The highest BCUT2D eigenvalue weighted by molar-refractivity contribution is 6.16. The van der Waals surface area contributed by atoms with Crippen molar-refractivity contribution in [3.63, 3.8) is 0 Å². The molecule has 4 aromatic rings. The van der Waals surface area contributed by atoms with Crippen LogP contribution in [0.25, 0.3) is 33.0 Å². The number of H-pyrrole nitrogens is 1. The molecule has 0 amide bonds. The highest BCUT2D eigenvalue weighted by atomic mass is 16.3. The van der Waals surface area contributed by atoms with Crippen LogP contribution in [0, 0.1) is 0 Å². The zero-order valence-corrected chi connectivity index (χ0v) is 8.40. The second kappa shape index (κ2) is 2.64. The molecule has 4 rings (SSSR count). The highest BCUT2D eigenvalue weighted by Crippen LogP contribution is 2.32. The van der Waals surface area contributed by atoms with E-state index in [-0.39, 0.29) is 0 Å². The van der Waals surface area contributed by atoms with Crippen molar-refractivity contribution in [2.75, 3.05) is 0 Å². The SMILES string of the molecule is c1ccc2c(c1)oc1ccc3[nH]cnc3c12. The Morgan fingerprint density at radius 3 is 2.94 bits per heavy atom. The molecule has 0 saturated carbocycles. The van der Waals surface area contributed by atoms with Gasteiger partial charge >= 0.3 is 0 Å². The third kappa shape index (κ3) is 0.852. The number of hydrogen-bond donors (Lipinski definition) is 1. The Labute approximate surface area is 90.7 Å². The van der Waals surface area contributed by atoms with E-state index in [2.05, 4.69) is 16.0 Å². The smallest absolute Gasteiger partial charge is 0.137 e. The van der Waals surface area contributed by atoms with Crippen molar-refractivity contribution in [2.24, 2.45) is 0 Å². The summed E-state index contributed by atoms with van der Waals surface area (Å²) in [6, 6.07) is 12.0. The van der Waals surface area contributed by atoms with E-state index in [0.29, 0.717) is 0 Å². The van der Waals surface area contributed by atoms with Crippen LogP contribution in [0.5, 0.6) is 0 Å². The summed E-state index contributed by atoms with van der Waals surface area (Å²) in [5.41, 5.74) is 3.82. The molecule has 3 heteroatoms. The summed E-state index contributed by atoms with van der Waals surface area (Å²) >= 11 is 0. The molecule has 16 heavy (non-hydrogen) atoms. The summed E-state index contributed by atoms with van der Waals surface area (Å²) in [7, 11) is 0. The Kier molecular flexibility index (Phi) is 1.31. The zero-order chi connectivity index (χ0) is 10.5. The molecule has 0 fully saturated rings. The molecule has 0 bridgehead atoms. The van der Waals surface area contributed by atoms with E-state index in [0.717, 1.165) is 33.0 Å². The molecule has 0 aliphatic rings. The van der Waals surface area contributed by atoms with Gasteiger partial charge in [-0.15, -0.1) is 0 Å². The first kappa shape index (κ1) is 7.93. The number of fused-ring (bicyclic) bond motifs is 5. The number of benzene rings is 2. The van der Waals surface area contributed by atoms with Gasteiger partial charge in [-0.1, -0.05) is 18.2 Å². The zero-order valence-electron chi connectivity index (χ0n) is 8.40. The summed E-state index contributed by atoms with van der Waals surface area (Å²) < 4.78 is 5.78. The van der Waals surface area contributed by atoms with Gasteiger partial charge in [0.25, 0.3) is 0 Å². The van der Waals surface area contributed by atoms with Crippen LogP contribution in [0.3, 0.4) is 0 Å². The van der Waals surface area contributed by atoms with Gasteiger partial charge in [0.2, 0.25) is 0 Å². The molecule has 2 heterocycles. The van der Waals surface area contributed by atoms with Gasteiger partial charge in [0.15, 0.2) is 0 Å². The second-order valence-corrected chi connectivity index (χ2v) is 3.84. The molecule has 0 radical (unpaired) electrons. The maximum Gasteiger partial charge on any atom is 0.137 e. The van der Waals surface area contributed by atoms with Crippen LogP contribution >= 0.6 is 0 Å². The lowest BCUT2D eigenvalue weighted by molar-refractivity contribution is 0.669. The van der Waals surface area contributed by atoms with Crippen molar-refractivity contribution in [2.45, 2.75) is 0 Å². The Balaban J connectivity index is 2.42. The summed E-state index contributed by atoms with van der Waals surface area (Å²) in [4.78, 5) is 7.47. The Hall–Kier alpha value is -2.29. The predicted molar refractivity (Wildman–Crippen MR) is 63.4 cm³/mol. The minimum atomic E-state index is 0.890. The van der Waals surface area contributed by atoms with Crippen LogP contribution in [0.1, 0.15) is 0 Å². The first-order chi connectivity index (χ1) is 7.93. The minimum absolute atomic E-state index is 0.890. The van der Waals surface area contributed by atoms with Crippen LogP contribution in [0.4, 0.5) is 0 Å². The number of aromatic amines is 1. The number of nitrogens with one attached hydrogen (secondary N) is 1.